The molecule has 0 aliphatic heterocycles. The molecule has 0 aliphatic carbocycles. The van der Waals surface area contributed by atoms with Gasteiger partial charge in [0.2, 0.25) is 0 Å². The van der Waals surface area contributed by atoms with E-state index in [1.165, 1.54) is 11.1 Å². The van der Waals surface area contributed by atoms with E-state index in [4.69, 9.17) is 0 Å². The van der Waals surface area contributed by atoms with Crippen LogP contribution >= 0.6 is 0 Å². The van der Waals surface area contributed by atoms with Gasteiger partial charge in [0, 0.05) is 0 Å². The average Bonchev–Trinajstić information content (AvgIpc) is 2.17. The smallest absolute Gasteiger partial charge is 0.0253 e. The fraction of sp³-hybridized carbons (Fsp3) is 0.571. The summed E-state index contributed by atoms with van der Waals surface area (Å²) in [6, 6.07) is 0. The number of allylic oxidation sites excluding steroid dienone is 5. The summed E-state index contributed by atoms with van der Waals surface area (Å²) in [5.74, 6) is 0.707. The van der Waals surface area contributed by atoms with E-state index in [1.807, 2.05) is 26.8 Å². The normalized spacial score (nSPS) is 12.2. The minimum atomic E-state index is 0.707. The van der Waals surface area contributed by atoms with E-state index in [0.717, 1.165) is 6.42 Å². The van der Waals surface area contributed by atoms with Crippen LogP contribution in [0.1, 0.15) is 48.0 Å². The molecule has 14 heavy (non-hydrogen) atoms. The summed E-state index contributed by atoms with van der Waals surface area (Å²) in [5, 5.41) is 0. The molecule has 0 nitrogen and oxygen atoms in total. The minimum Gasteiger partial charge on any atom is -0.0988 e. The Hall–Kier alpha value is -0.780. The van der Waals surface area contributed by atoms with E-state index in [9.17, 15) is 0 Å². The summed E-state index contributed by atoms with van der Waals surface area (Å²) in [6.07, 6.45) is 7.30. The zero-order valence-corrected chi connectivity index (χ0v) is 10.7. The lowest BCUT2D eigenvalue weighted by molar-refractivity contribution is 0.647. The molecule has 0 fully saturated rings. The van der Waals surface area contributed by atoms with E-state index < -0.39 is 0 Å². The monoisotopic (exact) mass is 194 g/mol. The molecule has 0 saturated heterocycles. The van der Waals surface area contributed by atoms with Crippen LogP contribution in [-0.4, -0.2) is 0 Å². The van der Waals surface area contributed by atoms with Gasteiger partial charge in [0.1, 0.15) is 0 Å². The molecule has 0 aliphatic rings. The molecule has 0 unspecified atom stereocenters. The first-order valence-corrected chi connectivity index (χ1v) is 5.56. The fourth-order valence-corrected chi connectivity index (χ4v) is 1.20. The van der Waals surface area contributed by atoms with E-state index >= 15 is 0 Å². The molecule has 0 spiro atoms. The number of rotatable bonds is 4. The van der Waals surface area contributed by atoms with Gasteiger partial charge in [0.25, 0.3) is 0 Å². The standard InChI is InChI=1S/C12H20.C2H6/c1-6-8-11(5)12(7-2)9-10(3)4;1-2/h6-8,10H,2,9H2,1,3-5H3;1-2H3/b8-6-,12-11+;. The third-order valence-electron chi connectivity index (χ3n) is 1.80. The third kappa shape index (κ3) is 7.85. The van der Waals surface area contributed by atoms with Crippen LogP contribution in [0, 0.1) is 5.92 Å². The van der Waals surface area contributed by atoms with Gasteiger partial charge in [-0.15, -0.1) is 0 Å². The molecule has 0 saturated carbocycles. The Morgan fingerprint density at radius 1 is 1.29 bits per heavy atom. The first-order valence-electron chi connectivity index (χ1n) is 5.56. The quantitative estimate of drug-likeness (QED) is 0.544. The van der Waals surface area contributed by atoms with Gasteiger partial charge < -0.3 is 0 Å². The highest BCUT2D eigenvalue weighted by atomic mass is 14.0. The molecule has 0 aromatic rings. The molecule has 0 heteroatoms. The zero-order valence-electron chi connectivity index (χ0n) is 10.7. The van der Waals surface area contributed by atoms with Crippen molar-refractivity contribution in [1.29, 1.82) is 0 Å². The Balaban J connectivity index is 0. The van der Waals surface area contributed by atoms with Crippen molar-refractivity contribution in [1.82, 2.24) is 0 Å². The van der Waals surface area contributed by atoms with E-state index in [2.05, 4.69) is 39.5 Å². The molecule has 82 valence electrons. The topological polar surface area (TPSA) is 0 Å². The predicted octanol–water partition coefficient (Wildman–Crippen LogP) is 5.14. The maximum absolute atomic E-state index is 3.83. The number of hydrogen-bond acceptors (Lipinski definition) is 0. The highest BCUT2D eigenvalue weighted by Crippen LogP contribution is 2.16. The molecule has 0 bridgehead atoms. The van der Waals surface area contributed by atoms with Crippen molar-refractivity contribution in [3.63, 3.8) is 0 Å². The van der Waals surface area contributed by atoms with Crippen molar-refractivity contribution in [3.05, 3.63) is 36.0 Å². The second-order valence-electron chi connectivity index (χ2n) is 3.51. The Morgan fingerprint density at radius 2 is 1.79 bits per heavy atom. The average molecular weight is 194 g/mol. The van der Waals surface area contributed by atoms with Gasteiger partial charge in [-0.2, -0.15) is 0 Å². The molecular weight excluding hydrogens is 168 g/mol. The lowest BCUT2D eigenvalue weighted by Gasteiger charge is -2.07. The van der Waals surface area contributed by atoms with Crippen molar-refractivity contribution in [3.8, 4) is 0 Å². The third-order valence-corrected chi connectivity index (χ3v) is 1.80. The van der Waals surface area contributed by atoms with Crippen molar-refractivity contribution in [2.24, 2.45) is 5.92 Å². The summed E-state index contributed by atoms with van der Waals surface area (Å²) in [7, 11) is 0. The van der Waals surface area contributed by atoms with Crippen molar-refractivity contribution in [2.75, 3.05) is 0 Å². The Labute approximate surface area is 90.4 Å². The van der Waals surface area contributed by atoms with Crippen LogP contribution in [0.25, 0.3) is 0 Å². The second-order valence-corrected chi connectivity index (χ2v) is 3.51. The molecule has 0 heterocycles. The van der Waals surface area contributed by atoms with E-state index in [-0.39, 0.29) is 0 Å². The fourth-order valence-electron chi connectivity index (χ4n) is 1.20. The largest absolute Gasteiger partial charge is 0.0988 e. The lowest BCUT2D eigenvalue weighted by atomic mass is 9.98. The lowest BCUT2D eigenvalue weighted by Crippen LogP contribution is -1.91. The summed E-state index contributed by atoms with van der Waals surface area (Å²) < 4.78 is 0. The van der Waals surface area contributed by atoms with Gasteiger partial charge in [0.15, 0.2) is 0 Å². The first-order chi connectivity index (χ1) is 6.61. The molecule has 0 N–H and O–H groups in total. The zero-order chi connectivity index (χ0) is 11.6. The maximum atomic E-state index is 3.83. The van der Waals surface area contributed by atoms with Crippen molar-refractivity contribution in [2.45, 2.75) is 48.0 Å². The van der Waals surface area contributed by atoms with Crippen LogP contribution in [-0.2, 0) is 0 Å². The second kappa shape index (κ2) is 10.3. The molecule has 0 aromatic heterocycles. The van der Waals surface area contributed by atoms with Crippen LogP contribution < -0.4 is 0 Å². The Bertz CT molecular complexity index is 192. The maximum Gasteiger partial charge on any atom is -0.0253 e. The molecular formula is C14H26. The van der Waals surface area contributed by atoms with E-state index in [0.29, 0.717) is 5.92 Å². The van der Waals surface area contributed by atoms with Gasteiger partial charge in [-0.1, -0.05) is 52.5 Å². The molecule has 0 rings (SSSR count). The van der Waals surface area contributed by atoms with Gasteiger partial charge in [0.05, 0.1) is 0 Å². The molecule has 0 radical (unpaired) electrons. The highest BCUT2D eigenvalue weighted by molar-refractivity contribution is 5.30. The summed E-state index contributed by atoms with van der Waals surface area (Å²) in [6.45, 7) is 16.5. The van der Waals surface area contributed by atoms with Gasteiger partial charge >= 0.3 is 0 Å². The first kappa shape index (κ1) is 15.7. The molecule has 0 amide bonds. The van der Waals surface area contributed by atoms with Gasteiger partial charge in [-0.3, -0.25) is 0 Å². The molecule has 0 aromatic carbocycles. The van der Waals surface area contributed by atoms with Crippen molar-refractivity contribution >= 4 is 0 Å². The van der Waals surface area contributed by atoms with E-state index in [1.54, 1.807) is 0 Å². The highest BCUT2D eigenvalue weighted by Gasteiger charge is 1.99. The van der Waals surface area contributed by atoms with Crippen LogP contribution in [0.3, 0.4) is 0 Å². The van der Waals surface area contributed by atoms with Crippen LogP contribution in [0.4, 0.5) is 0 Å². The Kier molecular flexibility index (Phi) is 11.5. The van der Waals surface area contributed by atoms with Gasteiger partial charge in [-0.25, -0.2) is 0 Å². The van der Waals surface area contributed by atoms with Crippen LogP contribution in [0.5, 0.6) is 0 Å². The Morgan fingerprint density at radius 3 is 2.07 bits per heavy atom. The van der Waals surface area contributed by atoms with Gasteiger partial charge in [-0.05, 0) is 37.3 Å². The van der Waals surface area contributed by atoms with Crippen molar-refractivity contribution < 1.29 is 0 Å². The minimum absolute atomic E-state index is 0.707. The summed E-state index contributed by atoms with van der Waals surface area (Å²) >= 11 is 0. The van der Waals surface area contributed by atoms with Crippen LogP contribution in [0.2, 0.25) is 0 Å². The van der Waals surface area contributed by atoms with Crippen LogP contribution in [0.15, 0.2) is 36.0 Å². The SMILES string of the molecule is C=C/C(CC(C)C)=C(C)\C=C/C.CC. The number of hydrogen-bond donors (Lipinski definition) is 0. The molecule has 0 atom stereocenters. The predicted molar refractivity (Wildman–Crippen MR) is 68.5 cm³/mol. The summed E-state index contributed by atoms with van der Waals surface area (Å²) in [5.41, 5.74) is 2.70. The summed E-state index contributed by atoms with van der Waals surface area (Å²) in [4.78, 5) is 0.